The predicted molar refractivity (Wildman–Crippen MR) is 123 cm³/mol. The fourth-order valence-electron chi connectivity index (χ4n) is 4.19. The van der Waals surface area contributed by atoms with Crippen LogP contribution in [0.3, 0.4) is 0 Å². The van der Waals surface area contributed by atoms with E-state index in [0.29, 0.717) is 37.1 Å². The predicted octanol–water partition coefficient (Wildman–Crippen LogP) is 4.66. The van der Waals surface area contributed by atoms with Crippen LogP contribution in [0.2, 0.25) is 0 Å². The molecule has 3 aromatic carbocycles. The van der Waals surface area contributed by atoms with Gasteiger partial charge >= 0.3 is 0 Å². The van der Waals surface area contributed by atoms with Gasteiger partial charge < -0.3 is 0 Å². The van der Waals surface area contributed by atoms with Crippen LogP contribution in [-0.2, 0) is 13.1 Å². The van der Waals surface area contributed by atoms with Crippen LogP contribution in [0.25, 0.3) is 0 Å². The number of carbonyl (C=O) groups is 2. The molecule has 32 heavy (non-hydrogen) atoms. The molecule has 0 radical (unpaired) electrons. The summed E-state index contributed by atoms with van der Waals surface area (Å²) in [7, 11) is 0. The number of rotatable bonds is 9. The second-order valence-electron chi connectivity index (χ2n) is 7.99. The number of hydrogen-bond acceptors (Lipinski definition) is 4. The molecule has 5 heteroatoms. The molecule has 0 unspecified atom stereocenters. The molecule has 0 fully saturated rings. The van der Waals surface area contributed by atoms with Gasteiger partial charge in [-0.15, -0.1) is 0 Å². The first kappa shape index (κ1) is 21.5. The van der Waals surface area contributed by atoms with Gasteiger partial charge in [-0.25, -0.2) is 0 Å². The minimum absolute atomic E-state index is 0.141. The molecule has 160 valence electrons. The molecule has 0 spiro atoms. The summed E-state index contributed by atoms with van der Waals surface area (Å²) in [5.74, 6) is -0.515. The zero-order chi connectivity index (χ0) is 22.3. The van der Waals surface area contributed by atoms with Gasteiger partial charge in [-0.1, -0.05) is 72.8 Å². The lowest BCUT2D eigenvalue weighted by molar-refractivity contribution is 0.0568. The third kappa shape index (κ3) is 4.77. The van der Waals surface area contributed by atoms with E-state index in [0.717, 1.165) is 11.1 Å². The normalized spacial score (nSPS) is 13.8. The smallest absolute Gasteiger partial charge is 0.261 e. The fraction of sp³-hybridized carbons (Fsp3) is 0.222. The summed E-state index contributed by atoms with van der Waals surface area (Å²) in [6.45, 7) is 1.58. The molecule has 5 nitrogen and oxygen atoms in total. The average Bonchev–Trinajstić information content (AvgIpc) is 3.07. The van der Waals surface area contributed by atoms with E-state index in [9.17, 15) is 14.9 Å². The Balaban J connectivity index is 1.62. The Hall–Kier alpha value is -3.75. The van der Waals surface area contributed by atoms with E-state index in [2.05, 4.69) is 35.2 Å². The lowest BCUT2D eigenvalue weighted by Gasteiger charge is -2.34. The summed E-state index contributed by atoms with van der Waals surface area (Å²) >= 11 is 0. The average molecular weight is 424 g/mol. The minimum Gasteiger partial charge on any atom is -0.290 e. The monoisotopic (exact) mass is 423 g/mol. The van der Waals surface area contributed by atoms with Crippen molar-refractivity contribution in [2.75, 3.05) is 6.54 Å². The van der Waals surface area contributed by atoms with Crippen molar-refractivity contribution >= 4 is 11.8 Å². The molecule has 1 aliphatic rings. The van der Waals surface area contributed by atoms with Gasteiger partial charge in [0.05, 0.1) is 17.2 Å². The van der Waals surface area contributed by atoms with E-state index in [-0.39, 0.29) is 24.4 Å². The number of hydrogen-bond donors (Lipinski definition) is 0. The maximum atomic E-state index is 13.0. The number of imide groups is 1. The molecule has 0 saturated carbocycles. The lowest BCUT2D eigenvalue weighted by atomic mass is 10.1. The van der Waals surface area contributed by atoms with Gasteiger partial charge in [0.1, 0.15) is 0 Å². The van der Waals surface area contributed by atoms with Crippen LogP contribution < -0.4 is 0 Å². The van der Waals surface area contributed by atoms with Crippen molar-refractivity contribution in [2.24, 2.45) is 0 Å². The van der Waals surface area contributed by atoms with E-state index >= 15 is 0 Å². The largest absolute Gasteiger partial charge is 0.290 e. The van der Waals surface area contributed by atoms with Crippen molar-refractivity contribution < 1.29 is 9.59 Å². The highest BCUT2D eigenvalue weighted by molar-refractivity contribution is 6.21. The van der Waals surface area contributed by atoms with Gasteiger partial charge in [0.15, 0.2) is 0 Å². The molecule has 0 aromatic heterocycles. The van der Waals surface area contributed by atoms with Gasteiger partial charge in [0.2, 0.25) is 0 Å². The molecule has 1 atom stereocenters. The molecule has 1 heterocycles. The molecule has 0 bridgehead atoms. The summed E-state index contributed by atoms with van der Waals surface area (Å²) in [4.78, 5) is 29.6. The molecular weight excluding hydrogens is 398 g/mol. The molecule has 0 saturated heterocycles. The molecular formula is C27H25N3O2. The molecule has 0 N–H and O–H groups in total. The van der Waals surface area contributed by atoms with Gasteiger partial charge in [-0.2, -0.15) is 5.26 Å². The maximum Gasteiger partial charge on any atom is 0.261 e. The van der Waals surface area contributed by atoms with Crippen LogP contribution in [0.1, 0.15) is 44.7 Å². The number of carbonyl (C=O) groups excluding carboxylic acids is 2. The first-order valence-corrected chi connectivity index (χ1v) is 10.8. The molecule has 4 rings (SSSR count). The van der Waals surface area contributed by atoms with Crippen molar-refractivity contribution in [2.45, 2.75) is 32.0 Å². The van der Waals surface area contributed by atoms with E-state index in [1.165, 1.54) is 4.90 Å². The molecule has 2 amide bonds. The zero-order valence-electron chi connectivity index (χ0n) is 17.9. The summed E-state index contributed by atoms with van der Waals surface area (Å²) in [5, 5.41) is 9.27. The van der Waals surface area contributed by atoms with Crippen LogP contribution in [0.4, 0.5) is 0 Å². The number of fused-ring (bicyclic) bond motifs is 1. The quantitative estimate of drug-likeness (QED) is 0.470. The Morgan fingerprint density at radius 1 is 0.750 bits per heavy atom. The number of amides is 2. The number of nitrogens with zero attached hydrogens (tertiary/aromatic N) is 3. The molecule has 3 aromatic rings. The highest BCUT2D eigenvalue weighted by Crippen LogP contribution is 2.25. The maximum absolute atomic E-state index is 13.0. The van der Waals surface area contributed by atoms with E-state index in [1.807, 2.05) is 36.4 Å². The van der Waals surface area contributed by atoms with E-state index in [4.69, 9.17) is 0 Å². The van der Waals surface area contributed by atoms with Crippen LogP contribution in [0.5, 0.6) is 0 Å². The Labute approximate surface area is 188 Å². The van der Waals surface area contributed by atoms with E-state index < -0.39 is 0 Å². The molecule has 0 aliphatic carbocycles. The van der Waals surface area contributed by atoms with Crippen molar-refractivity contribution in [3.05, 3.63) is 107 Å². The number of benzene rings is 3. The van der Waals surface area contributed by atoms with Gasteiger partial charge in [-0.05, 0) is 29.7 Å². The highest BCUT2D eigenvalue weighted by Gasteiger charge is 2.37. The third-order valence-corrected chi connectivity index (χ3v) is 5.83. The summed E-state index contributed by atoms with van der Waals surface area (Å²) in [6.07, 6.45) is 0.928. The zero-order valence-corrected chi connectivity index (χ0v) is 17.9. The Morgan fingerprint density at radius 3 is 1.69 bits per heavy atom. The van der Waals surface area contributed by atoms with E-state index in [1.54, 1.807) is 24.3 Å². The highest BCUT2D eigenvalue weighted by atomic mass is 16.2. The minimum atomic E-state index is -0.257. The van der Waals surface area contributed by atoms with Gasteiger partial charge in [0.25, 0.3) is 11.8 Å². The first-order valence-electron chi connectivity index (χ1n) is 10.8. The summed E-state index contributed by atoms with van der Waals surface area (Å²) < 4.78 is 0. The first-order chi connectivity index (χ1) is 15.7. The standard InChI is InChI=1S/C27H25N3O2/c28-17-9-14-23(20-30-26(31)24-15-7-8-16-25(24)27(30)32)29(18-21-10-3-1-4-11-21)19-22-12-5-2-6-13-22/h1-8,10-13,15-16,23H,9,14,18-20H2/t23-/m1/s1. The van der Waals surface area contributed by atoms with Crippen LogP contribution in [0, 0.1) is 11.3 Å². The Bertz CT molecular complexity index is 1050. The summed E-state index contributed by atoms with van der Waals surface area (Å²) in [6, 6.07) is 29.3. The Morgan fingerprint density at radius 2 is 1.22 bits per heavy atom. The fourth-order valence-corrected chi connectivity index (χ4v) is 4.19. The Kier molecular flexibility index (Phi) is 6.74. The second kappa shape index (κ2) is 10.0. The van der Waals surface area contributed by atoms with Crippen LogP contribution >= 0.6 is 0 Å². The van der Waals surface area contributed by atoms with Crippen LogP contribution in [0.15, 0.2) is 84.9 Å². The van der Waals surface area contributed by atoms with Crippen molar-refractivity contribution in [3.8, 4) is 6.07 Å². The van der Waals surface area contributed by atoms with Crippen molar-refractivity contribution in [3.63, 3.8) is 0 Å². The SMILES string of the molecule is N#CCC[C@H](CN1C(=O)c2ccccc2C1=O)N(Cc1ccccc1)Cc1ccccc1. The van der Waals surface area contributed by atoms with Gasteiger partial charge in [-0.3, -0.25) is 19.4 Å². The van der Waals surface area contributed by atoms with Crippen molar-refractivity contribution in [1.29, 1.82) is 5.26 Å². The second-order valence-corrected chi connectivity index (χ2v) is 7.99. The van der Waals surface area contributed by atoms with Gasteiger partial charge in [0, 0.05) is 32.1 Å². The summed E-state index contributed by atoms with van der Waals surface area (Å²) in [5.41, 5.74) is 3.20. The number of nitriles is 1. The topological polar surface area (TPSA) is 64.4 Å². The van der Waals surface area contributed by atoms with Crippen LogP contribution in [-0.4, -0.2) is 34.2 Å². The third-order valence-electron chi connectivity index (χ3n) is 5.83. The van der Waals surface area contributed by atoms with Crippen molar-refractivity contribution in [1.82, 2.24) is 9.80 Å². The lowest BCUT2D eigenvalue weighted by Crippen LogP contribution is -2.45. The molecule has 1 aliphatic heterocycles.